The Labute approximate surface area is 258 Å². The van der Waals surface area contributed by atoms with Crippen molar-refractivity contribution in [3.8, 4) is 5.75 Å². The van der Waals surface area contributed by atoms with Crippen molar-refractivity contribution in [2.45, 2.75) is 41.0 Å². The molecule has 0 spiro atoms. The molecule has 0 saturated carbocycles. The molecule has 3 aromatic carbocycles. The van der Waals surface area contributed by atoms with Crippen molar-refractivity contribution in [3.63, 3.8) is 0 Å². The number of hydrogen-bond acceptors (Lipinski definition) is 7. The van der Waals surface area contributed by atoms with Crippen molar-refractivity contribution in [2.75, 3.05) is 5.94 Å². The summed E-state index contributed by atoms with van der Waals surface area (Å²) in [5, 5.41) is 4.76. The zero-order valence-electron chi connectivity index (χ0n) is 24.8. The predicted molar refractivity (Wildman–Crippen MR) is 170 cm³/mol. The summed E-state index contributed by atoms with van der Waals surface area (Å²) in [5.41, 5.74) is 12.9. The maximum Gasteiger partial charge on any atom is 0.573 e. The number of nitrogens with zero attached hydrogens (tertiary/aromatic N) is 4. The lowest BCUT2D eigenvalue weighted by atomic mass is 9.98. The molecule has 0 fully saturated rings. The summed E-state index contributed by atoms with van der Waals surface area (Å²) < 4.78 is 46.1. The molecule has 0 saturated heterocycles. The molecule has 3 aromatic rings. The van der Waals surface area contributed by atoms with E-state index in [9.17, 15) is 18.0 Å². The standard InChI is InChI=1S/C31H33F3N6O3S/c1-20-7-6-8-21(2)26(20)39-29(44-19-42-28(41)30(3,4)5)40-38-17-22-9-11-23(12-10-22)27(35)37-18-36-24-13-15-25(16-14-24)43-31(32,33)34/h6-18H,19H2,1-5H3,(H,39,40)(H2,35,36,37)/b38-17+. The minimum atomic E-state index is -4.76. The first-order valence-corrected chi connectivity index (χ1v) is 14.3. The largest absolute Gasteiger partial charge is 0.573 e. The van der Waals surface area contributed by atoms with Crippen molar-refractivity contribution in [3.05, 3.63) is 89.0 Å². The van der Waals surface area contributed by atoms with Gasteiger partial charge in [-0.3, -0.25) is 10.2 Å². The highest BCUT2D eigenvalue weighted by Crippen LogP contribution is 2.26. The number of amidine groups is 2. The number of alkyl halides is 3. The summed E-state index contributed by atoms with van der Waals surface area (Å²) in [6, 6.07) is 18.0. The van der Waals surface area contributed by atoms with Crippen LogP contribution >= 0.6 is 11.8 Å². The zero-order valence-corrected chi connectivity index (χ0v) is 25.7. The number of benzene rings is 3. The summed E-state index contributed by atoms with van der Waals surface area (Å²) >= 11 is 1.21. The Bertz CT molecular complexity index is 1530. The molecule has 232 valence electrons. The normalized spacial score (nSPS) is 13.0. The van der Waals surface area contributed by atoms with E-state index < -0.39 is 11.8 Å². The number of hydrogen-bond donors (Lipinski definition) is 2. The Hall–Kier alpha value is -4.65. The maximum atomic E-state index is 12.3. The number of halogens is 3. The van der Waals surface area contributed by atoms with E-state index in [1.807, 2.05) is 32.0 Å². The third-order valence-corrected chi connectivity index (χ3v) is 6.40. The number of nitrogens with one attached hydrogen (secondary N) is 1. The molecule has 0 radical (unpaired) electrons. The third-order valence-electron chi connectivity index (χ3n) is 5.71. The van der Waals surface area contributed by atoms with Gasteiger partial charge in [-0.15, -0.1) is 13.2 Å². The number of nitrogens with two attached hydrogens (primary N) is 1. The van der Waals surface area contributed by atoms with Crippen molar-refractivity contribution in [1.29, 1.82) is 0 Å². The molecule has 0 atom stereocenters. The number of thioether (sulfide) groups is 1. The number of aryl methyl sites for hydroxylation is 2. The molecule has 0 bridgehead atoms. The van der Waals surface area contributed by atoms with E-state index in [0.717, 1.165) is 34.5 Å². The average Bonchev–Trinajstić information content (AvgIpc) is 2.94. The monoisotopic (exact) mass is 626 g/mol. The van der Waals surface area contributed by atoms with Crippen LogP contribution in [0.1, 0.15) is 43.0 Å². The molecular weight excluding hydrogens is 593 g/mol. The van der Waals surface area contributed by atoms with Crippen molar-refractivity contribution in [1.82, 2.24) is 5.43 Å². The SMILES string of the molecule is Cc1cccc(C)c1N=C(N/N=C/c1ccc(C(N)=NC=Nc2ccc(OC(F)(F)F)cc2)cc1)SCOC(=O)C(C)(C)C. The van der Waals surface area contributed by atoms with E-state index in [2.05, 4.69) is 25.2 Å². The van der Waals surface area contributed by atoms with Crippen LogP contribution in [0.4, 0.5) is 24.5 Å². The van der Waals surface area contributed by atoms with Gasteiger partial charge in [-0.1, -0.05) is 42.5 Å². The van der Waals surface area contributed by atoms with E-state index in [-0.39, 0.29) is 23.5 Å². The van der Waals surface area contributed by atoms with Gasteiger partial charge in [-0.05, 0) is 87.3 Å². The molecule has 0 amide bonds. The molecule has 13 heteroatoms. The average molecular weight is 627 g/mol. The lowest BCUT2D eigenvalue weighted by Crippen LogP contribution is -2.24. The van der Waals surface area contributed by atoms with Gasteiger partial charge in [0.1, 0.15) is 23.9 Å². The second-order valence-corrected chi connectivity index (χ2v) is 11.3. The fraction of sp³-hybridized carbons (Fsp3) is 0.258. The van der Waals surface area contributed by atoms with Gasteiger partial charge in [0.05, 0.1) is 23.0 Å². The first kappa shape index (κ1) is 33.8. The Morgan fingerprint density at radius 2 is 1.61 bits per heavy atom. The van der Waals surface area contributed by atoms with Crippen LogP contribution in [-0.4, -0.2) is 41.8 Å². The first-order chi connectivity index (χ1) is 20.7. The highest BCUT2D eigenvalue weighted by atomic mass is 32.2. The van der Waals surface area contributed by atoms with Crippen LogP contribution in [0, 0.1) is 19.3 Å². The highest BCUT2D eigenvalue weighted by Gasteiger charge is 2.31. The van der Waals surface area contributed by atoms with Gasteiger partial charge in [0, 0.05) is 5.56 Å². The van der Waals surface area contributed by atoms with Crippen molar-refractivity contribution >= 4 is 52.7 Å². The van der Waals surface area contributed by atoms with Crippen LogP contribution in [0.15, 0.2) is 86.8 Å². The van der Waals surface area contributed by atoms with Crippen LogP contribution in [0.3, 0.4) is 0 Å². The van der Waals surface area contributed by atoms with Gasteiger partial charge in [-0.2, -0.15) is 5.10 Å². The van der Waals surface area contributed by atoms with Gasteiger partial charge in [-0.25, -0.2) is 15.0 Å². The second kappa shape index (κ2) is 15.2. The summed E-state index contributed by atoms with van der Waals surface area (Å²) in [5.74, 6) is -0.403. The molecule has 0 aliphatic carbocycles. The molecule has 44 heavy (non-hydrogen) atoms. The number of rotatable bonds is 9. The summed E-state index contributed by atoms with van der Waals surface area (Å²) in [6.07, 6.45) is -1.95. The Morgan fingerprint density at radius 1 is 0.977 bits per heavy atom. The van der Waals surface area contributed by atoms with Gasteiger partial charge in [0.25, 0.3) is 0 Å². The van der Waals surface area contributed by atoms with Crippen LogP contribution < -0.4 is 15.9 Å². The molecule has 9 nitrogen and oxygen atoms in total. The first-order valence-electron chi connectivity index (χ1n) is 13.3. The molecular formula is C31H33F3N6O3S. The Kier molecular flexibility index (Phi) is 11.7. The van der Waals surface area contributed by atoms with Gasteiger partial charge in [0.15, 0.2) is 5.17 Å². The smallest absolute Gasteiger partial charge is 0.454 e. The minimum Gasteiger partial charge on any atom is -0.454 e. The quantitative estimate of drug-likeness (QED) is 0.0855. The number of aliphatic imine (C=N–C) groups is 3. The number of carbonyl (C=O) groups is 1. The van der Waals surface area contributed by atoms with Crippen LogP contribution in [0.5, 0.6) is 5.75 Å². The van der Waals surface area contributed by atoms with E-state index in [4.69, 9.17) is 15.5 Å². The fourth-order valence-corrected chi connectivity index (χ4v) is 3.95. The molecule has 0 heterocycles. The summed E-state index contributed by atoms with van der Waals surface area (Å²) in [7, 11) is 0. The molecule has 3 N–H and O–H groups in total. The van der Waals surface area contributed by atoms with E-state index in [1.165, 1.54) is 30.2 Å². The zero-order chi connectivity index (χ0) is 32.3. The van der Waals surface area contributed by atoms with E-state index in [1.54, 1.807) is 51.3 Å². The summed E-state index contributed by atoms with van der Waals surface area (Å²) in [4.78, 5) is 25.1. The highest BCUT2D eigenvalue weighted by molar-refractivity contribution is 8.13. The lowest BCUT2D eigenvalue weighted by molar-refractivity contribution is -0.274. The van der Waals surface area contributed by atoms with Gasteiger partial charge < -0.3 is 15.2 Å². The number of esters is 1. The topological polar surface area (TPSA) is 123 Å². The van der Waals surface area contributed by atoms with Crippen LogP contribution in [0.2, 0.25) is 0 Å². The number of para-hydroxylation sites is 1. The Balaban J connectivity index is 1.64. The molecule has 0 aliphatic heterocycles. The van der Waals surface area contributed by atoms with Crippen molar-refractivity contribution in [2.24, 2.45) is 31.2 Å². The lowest BCUT2D eigenvalue weighted by Gasteiger charge is -2.16. The second-order valence-electron chi connectivity index (χ2n) is 10.4. The van der Waals surface area contributed by atoms with E-state index in [0.29, 0.717) is 16.4 Å². The minimum absolute atomic E-state index is 0.0663. The van der Waals surface area contributed by atoms with Crippen LogP contribution in [0.25, 0.3) is 0 Å². The molecule has 0 aliphatic rings. The van der Waals surface area contributed by atoms with E-state index >= 15 is 0 Å². The fourth-order valence-electron chi connectivity index (χ4n) is 3.40. The Morgan fingerprint density at radius 3 is 2.20 bits per heavy atom. The number of ether oxygens (including phenoxy) is 2. The third kappa shape index (κ3) is 11.2. The molecule has 0 aromatic heterocycles. The number of hydrazone groups is 1. The maximum absolute atomic E-state index is 12.3. The van der Waals surface area contributed by atoms with Gasteiger partial charge >= 0.3 is 12.3 Å². The number of carbonyl (C=O) groups excluding carboxylic acids is 1. The van der Waals surface area contributed by atoms with Crippen LogP contribution in [-0.2, 0) is 9.53 Å². The predicted octanol–water partition coefficient (Wildman–Crippen LogP) is 7.16. The van der Waals surface area contributed by atoms with Gasteiger partial charge in [0.2, 0.25) is 0 Å². The van der Waals surface area contributed by atoms with Crippen molar-refractivity contribution < 1.29 is 27.4 Å². The molecule has 0 unspecified atom stereocenters. The summed E-state index contributed by atoms with van der Waals surface area (Å²) in [6.45, 7) is 9.29. The molecule has 3 rings (SSSR count).